The summed E-state index contributed by atoms with van der Waals surface area (Å²) in [4.78, 5) is 0. The molecule has 0 saturated heterocycles. The Morgan fingerprint density at radius 1 is 1.32 bits per heavy atom. The number of hydrogen-bond acceptors (Lipinski definition) is 2. The van der Waals surface area contributed by atoms with Gasteiger partial charge in [0, 0.05) is 0 Å². The van der Waals surface area contributed by atoms with Gasteiger partial charge in [-0.25, -0.2) is 0 Å². The van der Waals surface area contributed by atoms with Crippen LogP contribution in [0.3, 0.4) is 0 Å². The molecule has 126 valence electrons. The van der Waals surface area contributed by atoms with Crippen LogP contribution in [0.15, 0.2) is 24.8 Å². The molecule has 0 aliphatic heterocycles. The van der Waals surface area contributed by atoms with E-state index in [0.717, 1.165) is 18.4 Å². The fourth-order valence-electron chi connectivity index (χ4n) is 5.26. The normalized spacial score (nSPS) is 40.6. The maximum Gasteiger partial charge on any atom is 0.0797 e. The fraction of sp³-hybridized carbons (Fsp3) is 0.800. The van der Waals surface area contributed by atoms with E-state index in [2.05, 4.69) is 33.9 Å². The number of hydrogen-bond donors (Lipinski definition) is 2. The summed E-state index contributed by atoms with van der Waals surface area (Å²) in [6.07, 6.45) is 7.31. The summed E-state index contributed by atoms with van der Waals surface area (Å²) < 4.78 is 0. The zero-order valence-electron chi connectivity index (χ0n) is 14.9. The standard InChI is InChI=1S/C20H34O2/c1-7-19(5,22)12-9-15-14(2)16(21)13-17-18(3,4)10-8-11-20(15,17)6/h7,15-17,21-22H,1-2,8-13H2,3-6H3/t15-,16+,17-,19-,20+/m0/s1. The first-order chi connectivity index (χ1) is 10.0. The fourth-order valence-corrected chi connectivity index (χ4v) is 5.26. The lowest BCUT2D eigenvalue weighted by atomic mass is 9.46. The van der Waals surface area contributed by atoms with Crippen molar-refractivity contribution >= 4 is 0 Å². The second kappa shape index (κ2) is 5.79. The molecule has 2 N–H and O–H groups in total. The molecule has 2 rings (SSSR count). The Kier molecular flexibility index (Phi) is 4.68. The molecule has 0 aromatic carbocycles. The average molecular weight is 306 g/mol. The molecule has 0 bridgehead atoms. The Hall–Kier alpha value is -0.600. The van der Waals surface area contributed by atoms with Crippen LogP contribution in [-0.4, -0.2) is 21.9 Å². The highest BCUT2D eigenvalue weighted by molar-refractivity contribution is 5.20. The molecule has 0 heterocycles. The third-order valence-electron chi connectivity index (χ3n) is 6.79. The Labute approximate surface area is 136 Å². The SMILES string of the molecule is C=C[C@](C)(O)CC[C@H]1C(=C)[C@H](O)C[C@H]2C(C)(C)CCC[C@]12C. The molecule has 0 unspecified atom stereocenters. The average Bonchev–Trinajstić information content (AvgIpc) is 2.41. The zero-order valence-corrected chi connectivity index (χ0v) is 14.9. The van der Waals surface area contributed by atoms with Gasteiger partial charge in [-0.1, -0.05) is 39.8 Å². The van der Waals surface area contributed by atoms with E-state index >= 15 is 0 Å². The highest BCUT2D eigenvalue weighted by Gasteiger charge is 2.54. The Morgan fingerprint density at radius 2 is 1.95 bits per heavy atom. The van der Waals surface area contributed by atoms with Gasteiger partial charge in [0.05, 0.1) is 11.7 Å². The molecule has 2 aliphatic carbocycles. The van der Waals surface area contributed by atoms with Crippen molar-refractivity contribution in [2.75, 3.05) is 0 Å². The predicted molar refractivity (Wildman–Crippen MR) is 92.5 cm³/mol. The third kappa shape index (κ3) is 3.05. The van der Waals surface area contributed by atoms with Crippen LogP contribution in [0.2, 0.25) is 0 Å². The van der Waals surface area contributed by atoms with Crippen LogP contribution in [0.25, 0.3) is 0 Å². The van der Waals surface area contributed by atoms with Gasteiger partial charge < -0.3 is 10.2 Å². The van der Waals surface area contributed by atoms with Gasteiger partial charge in [0.1, 0.15) is 0 Å². The van der Waals surface area contributed by atoms with E-state index in [0.29, 0.717) is 12.3 Å². The van der Waals surface area contributed by atoms with Crippen molar-refractivity contribution in [2.24, 2.45) is 22.7 Å². The van der Waals surface area contributed by atoms with E-state index in [4.69, 9.17) is 0 Å². The van der Waals surface area contributed by atoms with Gasteiger partial charge in [-0.2, -0.15) is 0 Å². The Balaban J connectivity index is 2.28. The summed E-state index contributed by atoms with van der Waals surface area (Å²) in [7, 11) is 0. The van der Waals surface area contributed by atoms with E-state index in [1.807, 2.05) is 6.92 Å². The molecule has 0 radical (unpaired) electrons. The molecule has 2 aliphatic rings. The number of rotatable bonds is 4. The van der Waals surface area contributed by atoms with Crippen LogP contribution in [0.4, 0.5) is 0 Å². The summed E-state index contributed by atoms with van der Waals surface area (Å²) in [5.41, 5.74) is 0.610. The molecule has 0 aromatic heterocycles. The van der Waals surface area contributed by atoms with Crippen LogP contribution in [0.5, 0.6) is 0 Å². The van der Waals surface area contributed by atoms with Crippen molar-refractivity contribution < 1.29 is 10.2 Å². The van der Waals surface area contributed by atoms with Gasteiger partial charge in [-0.05, 0) is 67.3 Å². The van der Waals surface area contributed by atoms with E-state index in [-0.39, 0.29) is 16.7 Å². The molecular formula is C20H34O2. The molecule has 0 spiro atoms. The van der Waals surface area contributed by atoms with Crippen molar-refractivity contribution in [1.29, 1.82) is 0 Å². The minimum atomic E-state index is -0.835. The Morgan fingerprint density at radius 3 is 2.55 bits per heavy atom. The van der Waals surface area contributed by atoms with Gasteiger partial charge in [-0.3, -0.25) is 0 Å². The van der Waals surface area contributed by atoms with E-state index in [9.17, 15) is 10.2 Å². The summed E-state index contributed by atoms with van der Waals surface area (Å²) in [6, 6.07) is 0. The third-order valence-corrected chi connectivity index (χ3v) is 6.79. The molecule has 5 atom stereocenters. The van der Waals surface area contributed by atoms with Crippen molar-refractivity contribution in [3.63, 3.8) is 0 Å². The molecule has 22 heavy (non-hydrogen) atoms. The van der Waals surface area contributed by atoms with Gasteiger partial charge in [0.25, 0.3) is 0 Å². The number of aliphatic hydroxyl groups excluding tert-OH is 1. The van der Waals surface area contributed by atoms with Gasteiger partial charge in [0.2, 0.25) is 0 Å². The van der Waals surface area contributed by atoms with Crippen LogP contribution in [0.1, 0.15) is 66.2 Å². The molecule has 2 heteroatoms. The second-order valence-corrected chi connectivity index (χ2v) is 8.88. The minimum Gasteiger partial charge on any atom is -0.389 e. The maximum atomic E-state index is 10.5. The molecular weight excluding hydrogens is 272 g/mol. The summed E-state index contributed by atoms with van der Waals surface area (Å²) >= 11 is 0. The number of aliphatic hydroxyl groups is 2. The van der Waals surface area contributed by atoms with Crippen molar-refractivity contribution in [3.05, 3.63) is 24.8 Å². The summed E-state index contributed by atoms with van der Waals surface area (Å²) in [6.45, 7) is 16.9. The monoisotopic (exact) mass is 306 g/mol. The smallest absolute Gasteiger partial charge is 0.0797 e. The largest absolute Gasteiger partial charge is 0.389 e. The topological polar surface area (TPSA) is 40.5 Å². The van der Waals surface area contributed by atoms with Crippen LogP contribution in [-0.2, 0) is 0 Å². The zero-order chi connectivity index (χ0) is 16.8. The summed E-state index contributed by atoms with van der Waals surface area (Å²) in [5, 5.41) is 20.8. The first-order valence-corrected chi connectivity index (χ1v) is 8.76. The lowest BCUT2D eigenvalue weighted by molar-refractivity contribution is -0.0868. The summed E-state index contributed by atoms with van der Waals surface area (Å²) in [5.74, 6) is 0.806. The van der Waals surface area contributed by atoms with Gasteiger partial charge in [-0.15, -0.1) is 6.58 Å². The highest BCUT2D eigenvalue weighted by atomic mass is 16.3. The molecule has 0 aromatic rings. The highest BCUT2D eigenvalue weighted by Crippen LogP contribution is 2.61. The molecule has 0 amide bonds. The van der Waals surface area contributed by atoms with E-state index < -0.39 is 11.7 Å². The Bertz CT molecular complexity index is 449. The van der Waals surface area contributed by atoms with Gasteiger partial charge >= 0.3 is 0 Å². The predicted octanol–water partition coefficient (Wildman–Crippen LogP) is 4.47. The first-order valence-electron chi connectivity index (χ1n) is 8.76. The lowest BCUT2D eigenvalue weighted by Gasteiger charge is -2.59. The molecule has 2 fully saturated rings. The molecule has 2 nitrogen and oxygen atoms in total. The molecule has 2 saturated carbocycles. The van der Waals surface area contributed by atoms with Gasteiger partial charge in [0.15, 0.2) is 0 Å². The van der Waals surface area contributed by atoms with Crippen LogP contribution < -0.4 is 0 Å². The first kappa shape index (κ1) is 17.7. The van der Waals surface area contributed by atoms with Crippen molar-refractivity contribution in [1.82, 2.24) is 0 Å². The quantitative estimate of drug-likeness (QED) is 0.752. The minimum absolute atomic E-state index is 0.190. The van der Waals surface area contributed by atoms with E-state index in [1.165, 1.54) is 19.3 Å². The van der Waals surface area contributed by atoms with Crippen LogP contribution in [0, 0.1) is 22.7 Å². The van der Waals surface area contributed by atoms with E-state index in [1.54, 1.807) is 6.08 Å². The second-order valence-electron chi connectivity index (χ2n) is 8.88. The number of fused-ring (bicyclic) bond motifs is 1. The van der Waals surface area contributed by atoms with Crippen LogP contribution >= 0.6 is 0 Å². The lowest BCUT2D eigenvalue weighted by Crippen LogP contribution is -2.53. The maximum absolute atomic E-state index is 10.5. The van der Waals surface area contributed by atoms with Crippen molar-refractivity contribution in [3.8, 4) is 0 Å². The van der Waals surface area contributed by atoms with Crippen molar-refractivity contribution in [2.45, 2.75) is 77.9 Å².